The number of rotatable bonds is 10. The van der Waals surface area contributed by atoms with Gasteiger partial charge in [-0.2, -0.15) is 0 Å². The van der Waals surface area contributed by atoms with Crippen LogP contribution in [0.25, 0.3) is 0 Å². The van der Waals surface area contributed by atoms with E-state index in [9.17, 15) is 13.2 Å². The molecule has 0 spiro atoms. The molecular formula is C24H27N3O4S. The van der Waals surface area contributed by atoms with Gasteiger partial charge in [-0.15, -0.1) is 0 Å². The molecule has 0 aromatic heterocycles. The summed E-state index contributed by atoms with van der Waals surface area (Å²) in [6.45, 7) is 0.581. The molecule has 0 bridgehead atoms. The molecule has 1 amide bonds. The molecule has 8 heteroatoms. The van der Waals surface area contributed by atoms with Gasteiger partial charge in [0.2, 0.25) is 5.91 Å². The lowest BCUT2D eigenvalue weighted by Crippen LogP contribution is -2.42. The molecule has 0 aliphatic rings. The van der Waals surface area contributed by atoms with Gasteiger partial charge in [-0.25, -0.2) is 8.42 Å². The van der Waals surface area contributed by atoms with Gasteiger partial charge in [-0.1, -0.05) is 48.5 Å². The highest BCUT2D eigenvalue weighted by Crippen LogP contribution is 2.32. The monoisotopic (exact) mass is 453 g/mol. The number of nitrogens with one attached hydrogen (secondary N) is 1. The van der Waals surface area contributed by atoms with Crippen LogP contribution in [0, 0.1) is 0 Å². The number of benzene rings is 3. The molecule has 0 saturated carbocycles. The van der Waals surface area contributed by atoms with Crippen LogP contribution in [0.5, 0.6) is 5.75 Å². The van der Waals surface area contributed by atoms with Crippen molar-refractivity contribution in [2.24, 2.45) is 0 Å². The molecule has 0 aliphatic heterocycles. The van der Waals surface area contributed by atoms with Gasteiger partial charge in [0.25, 0.3) is 10.0 Å². The summed E-state index contributed by atoms with van der Waals surface area (Å²) in [5.74, 6) is -0.0412. The Hall–Kier alpha value is -3.52. The first kappa shape index (κ1) is 23.1. The fourth-order valence-electron chi connectivity index (χ4n) is 3.22. The van der Waals surface area contributed by atoms with Gasteiger partial charge in [0.1, 0.15) is 12.3 Å². The molecule has 7 nitrogen and oxygen atoms in total. The number of hydrogen-bond donors (Lipinski definition) is 1. The summed E-state index contributed by atoms with van der Waals surface area (Å²) in [5.41, 5.74) is 1.33. The van der Waals surface area contributed by atoms with Gasteiger partial charge in [0.05, 0.1) is 17.7 Å². The topological polar surface area (TPSA) is 79.0 Å². The van der Waals surface area contributed by atoms with E-state index in [4.69, 9.17) is 4.74 Å². The van der Waals surface area contributed by atoms with Crippen molar-refractivity contribution in [3.63, 3.8) is 0 Å². The van der Waals surface area contributed by atoms with Crippen molar-refractivity contribution >= 4 is 27.3 Å². The molecule has 3 aromatic rings. The fourth-order valence-corrected chi connectivity index (χ4v) is 4.67. The predicted octanol–water partition coefficient (Wildman–Crippen LogP) is 3.14. The lowest BCUT2D eigenvalue weighted by atomic mass is 10.3. The first-order chi connectivity index (χ1) is 15.4. The zero-order valence-electron chi connectivity index (χ0n) is 18.1. The highest BCUT2D eigenvalue weighted by Gasteiger charge is 2.29. The minimum absolute atomic E-state index is 0.0996. The molecule has 0 fully saturated rings. The van der Waals surface area contributed by atoms with E-state index in [2.05, 4.69) is 5.32 Å². The molecule has 3 rings (SSSR count). The summed E-state index contributed by atoms with van der Waals surface area (Å²) in [5, 5.41) is 2.82. The Bertz CT molecular complexity index is 1120. The maximum Gasteiger partial charge on any atom is 0.264 e. The Labute approximate surface area is 189 Å². The van der Waals surface area contributed by atoms with E-state index in [0.717, 1.165) is 9.99 Å². The number of sulfonamides is 1. The Morgan fingerprint density at radius 3 is 2.16 bits per heavy atom. The van der Waals surface area contributed by atoms with Crippen LogP contribution in [0.15, 0.2) is 89.8 Å². The SMILES string of the molecule is COc1ccccc1N(CC(=O)NCCN(C)c1ccccc1)S(=O)(=O)c1ccccc1. The van der Waals surface area contributed by atoms with Crippen molar-refractivity contribution in [1.29, 1.82) is 0 Å². The number of ether oxygens (including phenoxy) is 1. The van der Waals surface area contributed by atoms with E-state index in [1.54, 1.807) is 42.5 Å². The van der Waals surface area contributed by atoms with E-state index in [0.29, 0.717) is 24.5 Å². The number of methoxy groups -OCH3 is 1. The van der Waals surface area contributed by atoms with Crippen LogP contribution in [-0.4, -0.2) is 48.1 Å². The lowest BCUT2D eigenvalue weighted by molar-refractivity contribution is -0.119. The number of hydrogen-bond acceptors (Lipinski definition) is 5. The highest BCUT2D eigenvalue weighted by atomic mass is 32.2. The van der Waals surface area contributed by atoms with Crippen LogP contribution in [0.4, 0.5) is 11.4 Å². The molecule has 32 heavy (non-hydrogen) atoms. The number of carbonyl (C=O) groups excluding carboxylic acids is 1. The highest BCUT2D eigenvalue weighted by molar-refractivity contribution is 7.92. The number of para-hydroxylation sites is 3. The summed E-state index contributed by atoms with van der Waals surface area (Å²) in [6.07, 6.45) is 0. The molecule has 0 saturated heterocycles. The van der Waals surface area contributed by atoms with Crippen LogP contribution in [0.3, 0.4) is 0 Å². The first-order valence-electron chi connectivity index (χ1n) is 10.2. The third-order valence-corrected chi connectivity index (χ3v) is 6.71. The van der Waals surface area contributed by atoms with Crippen LogP contribution >= 0.6 is 0 Å². The average molecular weight is 454 g/mol. The number of nitrogens with zero attached hydrogens (tertiary/aromatic N) is 2. The van der Waals surface area contributed by atoms with Crippen LogP contribution in [0.1, 0.15) is 0 Å². The van der Waals surface area contributed by atoms with Crippen molar-refractivity contribution in [1.82, 2.24) is 5.32 Å². The Morgan fingerprint density at radius 1 is 0.906 bits per heavy atom. The molecule has 1 N–H and O–H groups in total. The van der Waals surface area contributed by atoms with Crippen molar-refractivity contribution < 1.29 is 17.9 Å². The third kappa shape index (κ3) is 5.59. The Balaban J connectivity index is 1.76. The number of amides is 1. The first-order valence-corrected chi connectivity index (χ1v) is 11.6. The number of anilines is 2. The standard InChI is InChI=1S/C24H27N3O4S/c1-26(20-11-5-3-6-12-20)18-17-25-24(28)19-27(22-15-9-10-16-23(22)31-2)32(29,30)21-13-7-4-8-14-21/h3-16H,17-19H2,1-2H3,(H,25,28). The summed E-state index contributed by atoms with van der Waals surface area (Å²) in [6, 6.07) is 24.6. The van der Waals surface area contributed by atoms with E-state index in [1.165, 1.54) is 19.2 Å². The van der Waals surface area contributed by atoms with Crippen molar-refractivity contribution in [2.75, 3.05) is 43.0 Å². The largest absolute Gasteiger partial charge is 0.495 e. The Morgan fingerprint density at radius 2 is 1.50 bits per heavy atom. The van der Waals surface area contributed by atoms with Crippen LogP contribution < -0.4 is 19.3 Å². The predicted molar refractivity (Wildman–Crippen MR) is 127 cm³/mol. The van der Waals surface area contributed by atoms with Crippen LogP contribution in [0.2, 0.25) is 0 Å². The van der Waals surface area contributed by atoms with Gasteiger partial charge in [0.15, 0.2) is 0 Å². The summed E-state index contributed by atoms with van der Waals surface area (Å²) in [7, 11) is -0.587. The van der Waals surface area contributed by atoms with Crippen molar-refractivity contribution in [3.8, 4) is 5.75 Å². The molecule has 3 aromatic carbocycles. The lowest BCUT2D eigenvalue weighted by Gasteiger charge is -2.26. The fraction of sp³-hybridized carbons (Fsp3) is 0.208. The minimum Gasteiger partial charge on any atom is -0.495 e. The zero-order chi connectivity index (χ0) is 23.0. The molecule has 0 heterocycles. The summed E-state index contributed by atoms with van der Waals surface area (Å²) in [4.78, 5) is 14.9. The number of likely N-dealkylation sites (N-methyl/N-ethyl adjacent to an activating group) is 1. The molecule has 0 unspecified atom stereocenters. The summed E-state index contributed by atoms with van der Waals surface area (Å²) < 4.78 is 33.2. The zero-order valence-corrected chi connectivity index (χ0v) is 19.0. The maximum atomic E-state index is 13.4. The smallest absolute Gasteiger partial charge is 0.264 e. The van der Waals surface area contributed by atoms with Crippen LogP contribution in [-0.2, 0) is 14.8 Å². The average Bonchev–Trinajstić information content (AvgIpc) is 2.83. The van der Waals surface area contributed by atoms with Crippen molar-refractivity contribution in [3.05, 3.63) is 84.9 Å². The second-order valence-electron chi connectivity index (χ2n) is 7.10. The molecule has 0 aliphatic carbocycles. The van der Waals surface area contributed by atoms with Gasteiger partial charge >= 0.3 is 0 Å². The molecular weight excluding hydrogens is 426 g/mol. The summed E-state index contributed by atoms with van der Waals surface area (Å²) >= 11 is 0. The Kier molecular flexibility index (Phi) is 7.72. The number of carbonyl (C=O) groups is 1. The van der Waals surface area contributed by atoms with Crippen molar-refractivity contribution in [2.45, 2.75) is 4.90 Å². The van der Waals surface area contributed by atoms with Gasteiger partial charge in [-0.05, 0) is 36.4 Å². The molecule has 168 valence electrons. The van der Waals surface area contributed by atoms with E-state index in [1.807, 2.05) is 42.3 Å². The van der Waals surface area contributed by atoms with Gasteiger partial charge in [0, 0.05) is 25.8 Å². The van der Waals surface area contributed by atoms with Gasteiger partial charge < -0.3 is 15.0 Å². The second-order valence-corrected chi connectivity index (χ2v) is 8.97. The quantitative estimate of drug-likeness (QED) is 0.510. The third-order valence-electron chi connectivity index (χ3n) is 4.94. The minimum atomic E-state index is -3.98. The van der Waals surface area contributed by atoms with E-state index < -0.39 is 15.9 Å². The maximum absolute atomic E-state index is 13.4. The van der Waals surface area contributed by atoms with E-state index in [-0.39, 0.29) is 11.4 Å². The van der Waals surface area contributed by atoms with E-state index >= 15 is 0 Å². The molecule has 0 atom stereocenters. The normalized spacial score (nSPS) is 10.9. The molecule has 0 radical (unpaired) electrons. The second kappa shape index (κ2) is 10.7. The van der Waals surface area contributed by atoms with Gasteiger partial charge in [-0.3, -0.25) is 9.10 Å².